The molecular formula is C16H16N2O3. The van der Waals surface area contributed by atoms with Crippen molar-refractivity contribution in [1.29, 1.82) is 0 Å². The Balaban J connectivity index is 2.11. The number of carbonyl (C=O) groups is 2. The van der Waals surface area contributed by atoms with Crippen molar-refractivity contribution in [3.63, 3.8) is 0 Å². The van der Waals surface area contributed by atoms with Crippen LogP contribution in [0.5, 0.6) is 0 Å². The van der Waals surface area contributed by atoms with Crippen molar-refractivity contribution in [1.82, 2.24) is 4.98 Å². The predicted octanol–water partition coefficient (Wildman–Crippen LogP) is 2.91. The molecule has 0 spiro atoms. The molecule has 2 N–H and O–H groups in total. The van der Waals surface area contributed by atoms with E-state index in [0.717, 1.165) is 5.56 Å². The van der Waals surface area contributed by atoms with Gasteiger partial charge in [0.15, 0.2) is 0 Å². The van der Waals surface area contributed by atoms with Crippen LogP contribution in [-0.4, -0.2) is 22.0 Å². The van der Waals surface area contributed by atoms with Crippen molar-refractivity contribution in [2.24, 2.45) is 0 Å². The molecule has 1 amide bonds. The summed E-state index contributed by atoms with van der Waals surface area (Å²) in [6.45, 7) is 1.94. The van der Waals surface area contributed by atoms with E-state index in [4.69, 9.17) is 5.11 Å². The first kappa shape index (κ1) is 14.7. The maximum atomic E-state index is 12.3. The number of anilines is 1. The number of nitrogens with zero attached hydrogens (tertiary/aromatic N) is 1. The molecular weight excluding hydrogens is 268 g/mol. The number of carboxylic acids is 1. The number of rotatable bonds is 5. The molecule has 2 aromatic rings. The Morgan fingerprint density at radius 1 is 1.19 bits per heavy atom. The van der Waals surface area contributed by atoms with Gasteiger partial charge in [0.2, 0.25) is 5.91 Å². The number of hydrogen-bond donors (Lipinski definition) is 2. The fourth-order valence-electron chi connectivity index (χ4n) is 2.07. The van der Waals surface area contributed by atoms with E-state index in [1.807, 2.05) is 37.3 Å². The number of aromatic carboxylic acids is 1. The van der Waals surface area contributed by atoms with Crippen LogP contribution in [0.25, 0.3) is 0 Å². The maximum absolute atomic E-state index is 12.3. The molecule has 1 unspecified atom stereocenters. The van der Waals surface area contributed by atoms with Crippen LogP contribution in [0, 0.1) is 0 Å². The van der Waals surface area contributed by atoms with Gasteiger partial charge < -0.3 is 10.4 Å². The van der Waals surface area contributed by atoms with Gasteiger partial charge in [-0.05, 0) is 24.1 Å². The lowest BCUT2D eigenvalue weighted by Gasteiger charge is -2.15. The number of hydrogen-bond acceptors (Lipinski definition) is 3. The van der Waals surface area contributed by atoms with Crippen LogP contribution < -0.4 is 5.32 Å². The summed E-state index contributed by atoms with van der Waals surface area (Å²) in [7, 11) is 0. The molecule has 1 heterocycles. The van der Waals surface area contributed by atoms with E-state index in [1.165, 1.54) is 18.3 Å². The van der Waals surface area contributed by atoms with Crippen molar-refractivity contribution < 1.29 is 14.7 Å². The molecule has 1 aromatic heterocycles. The largest absolute Gasteiger partial charge is 0.478 e. The lowest BCUT2D eigenvalue weighted by atomic mass is 9.96. The first-order valence-electron chi connectivity index (χ1n) is 6.67. The van der Waals surface area contributed by atoms with Crippen LogP contribution in [-0.2, 0) is 4.79 Å². The zero-order valence-electron chi connectivity index (χ0n) is 11.6. The fraction of sp³-hybridized carbons (Fsp3) is 0.188. The van der Waals surface area contributed by atoms with Crippen LogP contribution >= 0.6 is 0 Å². The van der Waals surface area contributed by atoms with E-state index in [0.29, 0.717) is 12.2 Å². The van der Waals surface area contributed by atoms with E-state index in [2.05, 4.69) is 10.3 Å². The Morgan fingerprint density at radius 3 is 2.43 bits per heavy atom. The summed E-state index contributed by atoms with van der Waals surface area (Å²) in [5, 5.41) is 11.5. The minimum Gasteiger partial charge on any atom is -0.478 e. The topological polar surface area (TPSA) is 79.3 Å². The van der Waals surface area contributed by atoms with Gasteiger partial charge in [-0.25, -0.2) is 9.78 Å². The van der Waals surface area contributed by atoms with Crippen LogP contribution in [0.2, 0.25) is 0 Å². The summed E-state index contributed by atoms with van der Waals surface area (Å²) in [6.07, 6.45) is 1.89. The van der Waals surface area contributed by atoms with E-state index in [1.54, 1.807) is 0 Å². The fourth-order valence-corrected chi connectivity index (χ4v) is 2.07. The molecule has 2 rings (SSSR count). The Labute approximate surface area is 122 Å². The monoisotopic (exact) mass is 284 g/mol. The van der Waals surface area contributed by atoms with Gasteiger partial charge in [0.1, 0.15) is 5.82 Å². The van der Waals surface area contributed by atoms with Crippen molar-refractivity contribution in [2.75, 3.05) is 5.32 Å². The summed E-state index contributed by atoms with van der Waals surface area (Å²) in [6, 6.07) is 12.4. The van der Waals surface area contributed by atoms with Crippen LogP contribution in [0.1, 0.15) is 35.2 Å². The average Bonchev–Trinajstić information content (AvgIpc) is 2.49. The van der Waals surface area contributed by atoms with Crippen molar-refractivity contribution in [2.45, 2.75) is 19.3 Å². The predicted molar refractivity (Wildman–Crippen MR) is 79.3 cm³/mol. The second kappa shape index (κ2) is 6.65. The molecule has 0 aliphatic carbocycles. The third-order valence-electron chi connectivity index (χ3n) is 3.19. The molecule has 1 atom stereocenters. The molecule has 0 aliphatic rings. The Bertz CT molecular complexity index is 624. The molecule has 5 nitrogen and oxygen atoms in total. The molecule has 0 saturated carbocycles. The van der Waals surface area contributed by atoms with E-state index in [-0.39, 0.29) is 17.4 Å². The molecule has 21 heavy (non-hydrogen) atoms. The summed E-state index contributed by atoms with van der Waals surface area (Å²) in [5.74, 6) is -1.11. The molecule has 5 heteroatoms. The summed E-state index contributed by atoms with van der Waals surface area (Å²) in [5.41, 5.74) is 1.03. The van der Waals surface area contributed by atoms with Gasteiger partial charge in [0.05, 0.1) is 11.5 Å². The summed E-state index contributed by atoms with van der Waals surface area (Å²) in [4.78, 5) is 27.0. The second-order valence-corrected chi connectivity index (χ2v) is 4.60. The second-order valence-electron chi connectivity index (χ2n) is 4.60. The van der Waals surface area contributed by atoms with Gasteiger partial charge in [-0.3, -0.25) is 4.79 Å². The third-order valence-corrected chi connectivity index (χ3v) is 3.19. The Morgan fingerprint density at radius 2 is 1.90 bits per heavy atom. The lowest BCUT2D eigenvalue weighted by molar-refractivity contribution is -0.117. The molecule has 0 radical (unpaired) electrons. The normalized spacial score (nSPS) is 11.7. The number of aromatic nitrogens is 1. The van der Waals surface area contributed by atoms with Gasteiger partial charge >= 0.3 is 5.97 Å². The molecule has 0 fully saturated rings. The highest BCUT2D eigenvalue weighted by atomic mass is 16.4. The first-order chi connectivity index (χ1) is 10.1. The highest BCUT2D eigenvalue weighted by molar-refractivity contribution is 5.95. The molecule has 0 bridgehead atoms. The number of nitrogens with one attached hydrogen (secondary N) is 1. The van der Waals surface area contributed by atoms with Crippen molar-refractivity contribution >= 4 is 17.7 Å². The third kappa shape index (κ3) is 3.66. The lowest BCUT2D eigenvalue weighted by Crippen LogP contribution is -2.21. The Hall–Kier alpha value is -2.69. The smallest absolute Gasteiger partial charge is 0.337 e. The zero-order chi connectivity index (χ0) is 15.2. The highest BCUT2D eigenvalue weighted by Crippen LogP contribution is 2.21. The van der Waals surface area contributed by atoms with Crippen LogP contribution in [0.4, 0.5) is 5.82 Å². The van der Waals surface area contributed by atoms with Gasteiger partial charge in [-0.1, -0.05) is 37.3 Å². The number of carbonyl (C=O) groups excluding carboxylic acids is 1. The van der Waals surface area contributed by atoms with E-state index >= 15 is 0 Å². The van der Waals surface area contributed by atoms with Crippen molar-refractivity contribution in [3.05, 3.63) is 59.8 Å². The van der Waals surface area contributed by atoms with Gasteiger partial charge in [-0.15, -0.1) is 0 Å². The quantitative estimate of drug-likeness (QED) is 0.884. The highest BCUT2D eigenvalue weighted by Gasteiger charge is 2.18. The summed E-state index contributed by atoms with van der Waals surface area (Å²) >= 11 is 0. The maximum Gasteiger partial charge on any atom is 0.337 e. The standard InChI is InChI=1S/C16H16N2O3/c1-2-13(11-6-4-3-5-7-11)15(19)18-14-9-8-12(10-17-14)16(20)21/h3-10,13H,2H2,1H3,(H,20,21)(H,17,18,19). The Kier molecular flexibility index (Phi) is 4.66. The number of pyridine rings is 1. The molecule has 1 aromatic carbocycles. The van der Waals surface area contributed by atoms with Gasteiger partial charge in [0.25, 0.3) is 0 Å². The van der Waals surface area contributed by atoms with E-state index in [9.17, 15) is 9.59 Å². The van der Waals surface area contributed by atoms with Crippen molar-refractivity contribution in [3.8, 4) is 0 Å². The minimum atomic E-state index is -1.05. The van der Waals surface area contributed by atoms with Gasteiger partial charge in [-0.2, -0.15) is 0 Å². The summed E-state index contributed by atoms with van der Waals surface area (Å²) < 4.78 is 0. The van der Waals surface area contributed by atoms with Gasteiger partial charge in [0, 0.05) is 6.20 Å². The first-order valence-corrected chi connectivity index (χ1v) is 6.67. The number of carboxylic acid groups (broad SMARTS) is 1. The van der Waals surface area contributed by atoms with E-state index < -0.39 is 5.97 Å². The van der Waals surface area contributed by atoms with Crippen LogP contribution in [0.15, 0.2) is 48.7 Å². The molecule has 0 aliphatic heterocycles. The number of benzene rings is 1. The SMILES string of the molecule is CCC(C(=O)Nc1ccc(C(=O)O)cn1)c1ccccc1. The minimum absolute atomic E-state index is 0.0862. The molecule has 0 saturated heterocycles. The average molecular weight is 284 g/mol. The number of amides is 1. The molecule has 108 valence electrons. The van der Waals surface area contributed by atoms with Crippen LogP contribution in [0.3, 0.4) is 0 Å². The zero-order valence-corrected chi connectivity index (χ0v) is 11.6.